The number of ether oxygens (including phenoxy) is 1. The second-order valence-corrected chi connectivity index (χ2v) is 5.75. The predicted molar refractivity (Wildman–Crippen MR) is 78.9 cm³/mol. The van der Waals surface area contributed by atoms with Crippen LogP contribution in [0, 0.1) is 13.8 Å². The molecule has 2 aromatic heterocycles. The molecule has 2 N–H and O–H groups in total. The zero-order valence-corrected chi connectivity index (χ0v) is 12.4. The summed E-state index contributed by atoms with van der Waals surface area (Å²) in [4.78, 5) is 15.1. The molecule has 1 aliphatic rings. The molecule has 0 saturated carbocycles. The number of hydrogen-bond donors (Lipinski definition) is 1. The number of nitrogen functional groups attached to an aromatic ring is 1. The molecule has 0 unspecified atom stereocenters. The second-order valence-electron chi connectivity index (χ2n) is 4.86. The lowest BCUT2D eigenvalue weighted by Gasteiger charge is -2.32. The van der Waals surface area contributed by atoms with E-state index >= 15 is 0 Å². The first-order valence-corrected chi connectivity index (χ1v) is 7.39. The van der Waals surface area contributed by atoms with Crippen molar-refractivity contribution < 1.29 is 4.74 Å². The van der Waals surface area contributed by atoms with E-state index in [1.165, 1.54) is 0 Å². The third-order valence-corrected chi connectivity index (χ3v) is 4.22. The molecule has 0 radical (unpaired) electrons. The van der Waals surface area contributed by atoms with E-state index in [9.17, 15) is 0 Å². The summed E-state index contributed by atoms with van der Waals surface area (Å²) >= 11 is 1.64. The largest absolute Gasteiger partial charge is 0.368 e. The fourth-order valence-electron chi connectivity index (χ4n) is 2.26. The number of nitrogens with zero attached hydrogens (tertiary/aromatic N) is 4. The Kier molecular flexibility index (Phi) is 3.54. The molecule has 1 saturated heterocycles. The lowest BCUT2D eigenvalue weighted by Crippen LogP contribution is -2.39. The van der Waals surface area contributed by atoms with E-state index in [2.05, 4.69) is 19.9 Å². The van der Waals surface area contributed by atoms with Gasteiger partial charge in [-0.25, -0.2) is 9.97 Å². The fraction of sp³-hybridized carbons (Fsp3) is 0.462. The highest BCUT2D eigenvalue weighted by Gasteiger charge is 2.25. The molecule has 0 aromatic carbocycles. The molecule has 0 spiro atoms. The Morgan fingerprint density at radius 3 is 2.85 bits per heavy atom. The standard InChI is InChI=1S/C13H17N5OS/c1-8-5-11(17-13(14)16-8)18-3-4-19-10(6-18)12-15-9(2)7-20-12/h5,7,10H,3-4,6H2,1-2H3,(H2,14,16,17)/t10-/m0/s1. The van der Waals surface area contributed by atoms with E-state index in [1.807, 2.05) is 25.3 Å². The average molecular weight is 291 g/mol. The van der Waals surface area contributed by atoms with Gasteiger partial charge in [0.15, 0.2) is 0 Å². The van der Waals surface area contributed by atoms with Crippen LogP contribution in [0.3, 0.4) is 0 Å². The Balaban J connectivity index is 1.81. The number of hydrogen-bond acceptors (Lipinski definition) is 7. The van der Waals surface area contributed by atoms with Crippen LogP contribution < -0.4 is 10.6 Å². The number of rotatable bonds is 2. The van der Waals surface area contributed by atoms with Gasteiger partial charge >= 0.3 is 0 Å². The van der Waals surface area contributed by atoms with Crippen LogP contribution in [0.25, 0.3) is 0 Å². The fourth-order valence-corrected chi connectivity index (χ4v) is 3.10. The van der Waals surface area contributed by atoms with Crippen LogP contribution in [0.15, 0.2) is 11.4 Å². The number of aryl methyl sites for hydroxylation is 2. The Morgan fingerprint density at radius 2 is 2.15 bits per heavy atom. The topological polar surface area (TPSA) is 77.2 Å². The minimum Gasteiger partial charge on any atom is -0.368 e. The molecule has 20 heavy (non-hydrogen) atoms. The van der Waals surface area contributed by atoms with Crippen LogP contribution in [-0.2, 0) is 4.74 Å². The van der Waals surface area contributed by atoms with Crippen molar-refractivity contribution in [2.75, 3.05) is 30.3 Å². The molecule has 3 rings (SSSR count). The van der Waals surface area contributed by atoms with E-state index < -0.39 is 0 Å². The number of nitrogens with two attached hydrogens (primary N) is 1. The first-order chi connectivity index (χ1) is 9.61. The van der Waals surface area contributed by atoms with Crippen molar-refractivity contribution >= 4 is 23.1 Å². The molecule has 6 nitrogen and oxygen atoms in total. The van der Waals surface area contributed by atoms with Crippen molar-refractivity contribution in [1.29, 1.82) is 0 Å². The molecule has 106 valence electrons. The molecular formula is C13H17N5OS. The quantitative estimate of drug-likeness (QED) is 0.907. The highest BCUT2D eigenvalue weighted by atomic mass is 32.1. The second kappa shape index (κ2) is 5.34. The Hall–Kier alpha value is -1.73. The van der Waals surface area contributed by atoms with Gasteiger partial charge in [0.25, 0.3) is 0 Å². The molecule has 1 fully saturated rings. The van der Waals surface area contributed by atoms with E-state index in [-0.39, 0.29) is 6.10 Å². The maximum absolute atomic E-state index is 5.82. The summed E-state index contributed by atoms with van der Waals surface area (Å²) in [5, 5.41) is 3.07. The zero-order valence-electron chi connectivity index (χ0n) is 11.5. The SMILES string of the molecule is Cc1cc(N2CCO[C@H](c3nc(C)cs3)C2)nc(N)n1. The number of aromatic nitrogens is 3. The van der Waals surface area contributed by atoms with Crippen molar-refractivity contribution in [2.45, 2.75) is 20.0 Å². The Labute approximate surface area is 121 Å². The van der Waals surface area contributed by atoms with Gasteiger partial charge in [-0.15, -0.1) is 11.3 Å². The molecule has 7 heteroatoms. The molecule has 0 amide bonds. The van der Waals surface area contributed by atoms with Gasteiger partial charge < -0.3 is 15.4 Å². The van der Waals surface area contributed by atoms with Gasteiger partial charge in [-0.2, -0.15) is 4.98 Å². The summed E-state index contributed by atoms with van der Waals surface area (Å²) < 4.78 is 5.82. The van der Waals surface area contributed by atoms with Crippen molar-refractivity contribution in [2.24, 2.45) is 0 Å². The van der Waals surface area contributed by atoms with Crippen LogP contribution in [0.2, 0.25) is 0 Å². The summed E-state index contributed by atoms with van der Waals surface area (Å²) in [5.41, 5.74) is 7.64. The minimum atomic E-state index is -0.000976. The maximum Gasteiger partial charge on any atom is 0.222 e. The normalized spacial score (nSPS) is 19.3. The van der Waals surface area contributed by atoms with Crippen LogP contribution in [0.5, 0.6) is 0 Å². The van der Waals surface area contributed by atoms with Gasteiger partial charge in [-0.05, 0) is 13.8 Å². The summed E-state index contributed by atoms with van der Waals surface area (Å²) in [5.74, 6) is 1.17. The van der Waals surface area contributed by atoms with Crippen molar-refractivity contribution in [1.82, 2.24) is 15.0 Å². The molecule has 1 atom stereocenters. The van der Waals surface area contributed by atoms with E-state index in [0.717, 1.165) is 35.3 Å². The van der Waals surface area contributed by atoms with Gasteiger partial charge in [0.2, 0.25) is 5.95 Å². The van der Waals surface area contributed by atoms with Crippen LogP contribution in [0.1, 0.15) is 22.5 Å². The van der Waals surface area contributed by atoms with Gasteiger partial charge in [-0.1, -0.05) is 0 Å². The molecule has 1 aliphatic heterocycles. The molecular weight excluding hydrogens is 274 g/mol. The zero-order chi connectivity index (χ0) is 14.1. The summed E-state index contributed by atoms with van der Waals surface area (Å²) in [6.07, 6.45) is -0.000976. The average Bonchev–Trinajstić information content (AvgIpc) is 2.85. The Bertz CT molecular complexity index is 594. The Morgan fingerprint density at radius 1 is 1.30 bits per heavy atom. The van der Waals surface area contributed by atoms with Crippen LogP contribution >= 0.6 is 11.3 Å². The van der Waals surface area contributed by atoms with Gasteiger partial charge in [-0.3, -0.25) is 0 Å². The van der Waals surface area contributed by atoms with E-state index in [1.54, 1.807) is 11.3 Å². The molecule has 3 heterocycles. The first-order valence-electron chi connectivity index (χ1n) is 6.51. The highest BCUT2D eigenvalue weighted by Crippen LogP contribution is 2.27. The van der Waals surface area contributed by atoms with Crippen molar-refractivity contribution in [3.63, 3.8) is 0 Å². The molecule has 0 aliphatic carbocycles. The van der Waals surface area contributed by atoms with Gasteiger partial charge in [0, 0.05) is 29.4 Å². The van der Waals surface area contributed by atoms with E-state index in [0.29, 0.717) is 12.6 Å². The third kappa shape index (κ3) is 2.73. The highest BCUT2D eigenvalue weighted by molar-refractivity contribution is 7.09. The summed E-state index contributed by atoms with van der Waals surface area (Å²) in [6.45, 7) is 6.12. The summed E-state index contributed by atoms with van der Waals surface area (Å²) in [6, 6.07) is 1.95. The van der Waals surface area contributed by atoms with Crippen molar-refractivity contribution in [3.05, 3.63) is 27.8 Å². The number of anilines is 2. The molecule has 0 bridgehead atoms. The third-order valence-electron chi connectivity index (χ3n) is 3.16. The van der Waals surface area contributed by atoms with E-state index in [4.69, 9.17) is 10.5 Å². The van der Waals surface area contributed by atoms with Crippen LogP contribution in [0.4, 0.5) is 11.8 Å². The summed E-state index contributed by atoms with van der Waals surface area (Å²) in [7, 11) is 0. The van der Waals surface area contributed by atoms with Crippen LogP contribution in [-0.4, -0.2) is 34.6 Å². The first kappa shape index (κ1) is 13.3. The monoisotopic (exact) mass is 291 g/mol. The lowest BCUT2D eigenvalue weighted by molar-refractivity contribution is 0.0393. The van der Waals surface area contributed by atoms with Gasteiger partial charge in [0.1, 0.15) is 16.9 Å². The predicted octanol–water partition coefficient (Wildman–Crippen LogP) is 1.71. The lowest BCUT2D eigenvalue weighted by atomic mass is 10.2. The minimum absolute atomic E-state index is 0.000976. The van der Waals surface area contributed by atoms with Crippen molar-refractivity contribution in [3.8, 4) is 0 Å². The molecule has 2 aromatic rings. The maximum atomic E-state index is 5.82. The van der Waals surface area contributed by atoms with Gasteiger partial charge in [0.05, 0.1) is 13.2 Å². The number of morpholine rings is 1. The smallest absolute Gasteiger partial charge is 0.222 e. The number of thiazole rings is 1.